The molecule has 1 atom stereocenters. The lowest BCUT2D eigenvalue weighted by Gasteiger charge is -2.31. The molecule has 2 N–H and O–H groups in total. The van der Waals surface area contributed by atoms with E-state index >= 15 is 0 Å². The lowest BCUT2D eigenvalue weighted by molar-refractivity contribution is -0.122. The minimum absolute atomic E-state index is 0.0212. The van der Waals surface area contributed by atoms with Crippen LogP contribution in [0, 0.1) is 0 Å². The smallest absolute Gasteiger partial charge is 0.270 e. The number of para-hydroxylation sites is 1. The maximum Gasteiger partial charge on any atom is 0.270 e. The fourth-order valence-electron chi connectivity index (χ4n) is 4.36. The summed E-state index contributed by atoms with van der Waals surface area (Å²) in [4.78, 5) is 50.4. The minimum Gasteiger partial charge on any atom is -0.497 e. The van der Waals surface area contributed by atoms with Gasteiger partial charge < -0.3 is 20.1 Å². The van der Waals surface area contributed by atoms with Gasteiger partial charge in [0.05, 0.1) is 37.9 Å². The van der Waals surface area contributed by atoms with Crippen LogP contribution in [-0.2, 0) is 20.9 Å². The van der Waals surface area contributed by atoms with Gasteiger partial charge in [0.2, 0.25) is 11.8 Å². The van der Waals surface area contributed by atoms with Gasteiger partial charge >= 0.3 is 0 Å². The zero-order valence-corrected chi connectivity index (χ0v) is 23.5. The summed E-state index contributed by atoms with van der Waals surface area (Å²) in [5.74, 6) is 0.814. The van der Waals surface area contributed by atoms with Crippen molar-refractivity contribution in [1.82, 2.24) is 10.2 Å². The van der Waals surface area contributed by atoms with Crippen molar-refractivity contribution in [2.45, 2.75) is 25.4 Å². The maximum absolute atomic E-state index is 13.0. The van der Waals surface area contributed by atoms with Crippen LogP contribution in [0.1, 0.15) is 23.3 Å². The molecule has 0 saturated heterocycles. The number of thioether (sulfide) groups is 1. The number of benzene rings is 2. The molecule has 0 aliphatic carbocycles. The third-order valence-corrected chi connectivity index (χ3v) is 8.14. The number of thiophene rings is 1. The third kappa shape index (κ3) is 6.02. The Morgan fingerprint density at radius 3 is 2.67 bits per heavy atom. The van der Waals surface area contributed by atoms with Crippen LogP contribution in [0.25, 0.3) is 0 Å². The number of hydrogen-bond donors (Lipinski definition) is 2. The first-order chi connectivity index (χ1) is 19.5. The second kappa shape index (κ2) is 12.3. The minimum atomic E-state index is -0.691. The van der Waals surface area contributed by atoms with Gasteiger partial charge in [0, 0.05) is 22.9 Å². The number of nitrogens with one attached hydrogen (secondary N) is 2. The second-order valence-corrected chi connectivity index (χ2v) is 10.8. The average Bonchev–Trinajstić information content (AvgIpc) is 3.61. The number of fused-ring (bicyclic) bond motifs is 3. The Morgan fingerprint density at radius 2 is 1.90 bits per heavy atom. The van der Waals surface area contributed by atoms with E-state index < -0.39 is 6.04 Å². The molecule has 2 aromatic carbocycles. The van der Waals surface area contributed by atoms with Crippen LogP contribution < -0.4 is 20.1 Å². The van der Waals surface area contributed by atoms with E-state index in [0.29, 0.717) is 40.4 Å². The van der Waals surface area contributed by atoms with Crippen LogP contribution in [0.4, 0.5) is 11.4 Å². The normalized spacial score (nSPS) is 15.5. The average molecular weight is 578 g/mol. The van der Waals surface area contributed by atoms with Crippen LogP contribution in [0.15, 0.2) is 70.0 Å². The van der Waals surface area contributed by atoms with E-state index in [-0.39, 0.29) is 36.3 Å². The zero-order valence-electron chi connectivity index (χ0n) is 21.9. The van der Waals surface area contributed by atoms with Gasteiger partial charge in [-0.1, -0.05) is 30.0 Å². The van der Waals surface area contributed by atoms with Gasteiger partial charge in [0.1, 0.15) is 23.4 Å². The number of nitrogens with zero attached hydrogens (tertiary/aromatic N) is 3. The molecule has 2 aliphatic heterocycles. The van der Waals surface area contributed by atoms with Crippen LogP contribution in [0.2, 0.25) is 0 Å². The molecule has 12 heteroatoms. The van der Waals surface area contributed by atoms with Crippen molar-refractivity contribution in [3.63, 3.8) is 0 Å². The Kier molecular flexibility index (Phi) is 8.46. The molecule has 0 saturated carbocycles. The SMILES string of the molecule is COc1ccc(OC)c(NC(=O)CSC2=Nc3ccccc3C3=NC(=O)C(CCC(=O)NCc4cccs4)N23)c1. The van der Waals surface area contributed by atoms with E-state index in [1.807, 2.05) is 41.8 Å². The number of aliphatic imine (C=N–C) groups is 2. The molecule has 5 rings (SSSR count). The molecule has 0 spiro atoms. The first-order valence-corrected chi connectivity index (χ1v) is 14.4. The Hall–Kier alpha value is -4.16. The van der Waals surface area contributed by atoms with Crippen molar-refractivity contribution in [1.29, 1.82) is 0 Å². The maximum atomic E-state index is 13.0. The topological polar surface area (TPSA) is 122 Å². The molecule has 206 valence electrons. The molecule has 2 aliphatic rings. The predicted molar refractivity (Wildman–Crippen MR) is 157 cm³/mol. The molecular weight excluding hydrogens is 550 g/mol. The lowest BCUT2D eigenvalue weighted by Crippen LogP contribution is -2.44. The van der Waals surface area contributed by atoms with Crippen molar-refractivity contribution in [2.24, 2.45) is 9.98 Å². The molecule has 1 unspecified atom stereocenters. The molecule has 1 aromatic heterocycles. The molecule has 3 aromatic rings. The quantitative estimate of drug-likeness (QED) is 0.371. The fraction of sp³-hybridized carbons (Fsp3) is 0.250. The van der Waals surface area contributed by atoms with Gasteiger partial charge in [-0.15, -0.1) is 11.3 Å². The Bertz CT molecular complexity index is 1490. The number of ether oxygens (including phenoxy) is 2. The molecule has 3 amide bonds. The largest absolute Gasteiger partial charge is 0.497 e. The summed E-state index contributed by atoms with van der Waals surface area (Å²) in [7, 11) is 3.07. The number of anilines is 1. The standard InChI is InChI=1S/C28H27N5O5S2/c1-37-17-9-11-23(38-2)21(14-17)30-25(35)16-40-28-31-20-8-4-3-7-19(20)26-32-27(36)22(33(26)28)10-12-24(34)29-15-18-6-5-13-39-18/h3-9,11,13-14,22H,10,12,15-16H2,1-2H3,(H,29,34)(H,30,35). The zero-order chi connectivity index (χ0) is 28.1. The first-order valence-electron chi connectivity index (χ1n) is 12.5. The van der Waals surface area contributed by atoms with Gasteiger partial charge in [-0.2, -0.15) is 4.99 Å². The monoisotopic (exact) mass is 577 g/mol. The van der Waals surface area contributed by atoms with Crippen LogP contribution >= 0.6 is 23.1 Å². The van der Waals surface area contributed by atoms with Crippen molar-refractivity contribution in [3.05, 3.63) is 70.4 Å². The number of amidine groups is 2. The van der Waals surface area contributed by atoms with Crippen molar-refractivity contribution in [2.75, 3.05) is 25.3 Å². The highest BCUT2D eigenvalue weighted by molar-refractivity contribution is 8.14. The predicted octanol–water partition coefficient (Wildman–Crippen LogP) is 4.19. The number of methoxy groups -OCH3 is 2. The number of rotatable bonds is 10. The number of hydrogen-bond acceptors (Lipinski definition) is 9. The molecule has 0 radical (unpaired) electrons. The van der Waals surface area contributed by atoms with E-state index in [4.69, 9.17) is 14.5 Å². The van der Waals surface area contributed by atoms with E-state index in [1.54, 1.807) is 41.5 Å². The van der Waals surface area contributed by atoms with E-state index in [9.17, 15) is 14.4 Å². The summed E-state index contributed by atoms with van der Waals surface area (Å²) in [5.41, 5.74) is 1.88. The summed E-state index contributed by atoms with van der Waals surface area (Å²) < 4.78 is 10.6. The summed E-state index contributed by atoms with van der Waals surface area (Å²) >= 11 is 2.77. The van der Waals surface area contributed by atoms with E-state index in [2.05, 4.69) is 15.6 Å². The number of amides is 3. The highest BCUT2D eigenvalue weighted by Gasteiger charge is 2.41. The van der Waals surface area contributed by atoms with Crippen molar-refractivity contribution < 1.29 is 23.9 Å². The highest BCUT2D eigenvalue weighted by Crippen LogP contribution is 2.35. The first kappa shape index (κ1) is 27.4. The van der Waals surface area contributed by atoms with Crippen LogP contribution in [-0.4, -0.2) is 59.6 Å². The molecule has 40 heavy (non-hydrogen) atoms. The lowest BCUT2D eigenvalue weighted by atomic mass is 10.1. The van der Waals surface area contributed by atoms with Crippen LogP contribution in [0.5, 0.6) is 11.5 Å². The summed E-state index contributed by atoms with van der Waals surface area (Å²) in [6, 6.07) is 15.7. The third-order valence-electron chi connectivity index (χ3n) is 6.31. The fourth-order valence-corrected chi connectivity index (χ4v) is 5.85. The Morgan fingerprint density at radius 1 is 1.05 bits per heavy atom. The van der Waals surface area contributed by atoms with Crippen LogP contribution in [0.3, 0.4) is 0 Å². The Balaban J connectivity index is 1.29. The van der Waals surface area contributed by atoms with Gasteiger partial charge in [-0.25, -0.2) is 4.99 Å². The summed E-state index contributed by atoms with van der Waals surface area (Å²) in [5, 5.41) is 8.18. The molecule has 0 bridgehead atoms. The highest BCUT2D eigenvalue weighted by atomic mass is 32.2. The summed E-state index contributed by atoms with van der Waals surface area (Å²) in [6.07, 6.45) is 0.411. The van der Waals surface area contributed by atoms with Gasteiger partial charge in [-0.05, 0) is 42.1 Å². The number of carbonyl (C=O) groups is 3. The van der Waals surface area contributed by atoms with Gasteiger partial charge in [0.15, 0.2) is 5.17 Å². The molecule has 3 heterocycles. The number of carbonyl (C=O) groups excluding carboxylic acids is 3. The summed E-state index contributed by atoms with van der Waals surface area (Å²) in [6.45, 7) is 0.448. The molecule has 0 fully saturated rings. The van der Waals surface area contributed by atoms with Gasteiger partial charge in [0.25, 0.3) is 5.91 Å². The molecular formula is C28H27N5O5S2. The van der Waals surface area contributed by atoms with Crippen molar-refractivity contribution in [3.8, 4) is 11.5 Å². The van der Waals surface area contributed by atoms with Crippen molar-refractivity contribution >= 4 is 63.2 Å². The van der Waals surface area contributed by atoms with Gasteiger partial charge in [-0.3, -0.25) is 19.3 Å². The molecule has 10 nitrogen and oxygen atoms in total. The van der Waals surface area contributed by atoms with E-state index in [0.717, 1.165) is 10.4 Å². The Labute approximate surface area is 239 Å². The van der Waals surface area contributed by atoms with E-state index in [1.165, 1.54) is 18.9 Å². The second-order valence-electron chi connectivity index (χ2n) is 8.87.